The summed E-state index contributed by atoms with van der Waals surface area (Å²) in [6, 6.07) is 7.86. The summed E-state index contributed by atoms with van der Waals surface area (Å²) in [4.78, 5) is 37.7. The van der Waals surface area contributed by atoms with Crippen LogP contribution >= 0.6 is 0 Å². The zero-order chi connectivity index (χ0) is 19.8. The molecule has 0 saturated carbocycles. The van der Waals surface area contributed by atoms with E-state index in [4.69, 9.17) is 4.74 Å². The predicted octanol–water partition coefficient (Wildman–Crippen LogP) is 2.34. The van der Waals surface area contributed by atoms with E-state index in [9.17, 15) is 18.8 Å². The van der Waals surface area contributed by atoms with E-state index in [-0.39, 0.29) is 11.7 Å². The van der Waals surface area contributed by atoms with Crippen LogP contribution in [0.25, 0.3) is 0 Å². The molecular weight excluding hydrogens is 351 g/mol. The molecule has 1 amide bonds. The van der Waals surface area contributed by atoms with Gasteiger partial charge in [-0.25, -0.2) is 4.39 Å². The Bertz CT molecular complexity index is 830. The quantitative estimate of drug-likeness (QED) is 0.415. The van der Waals surface area contributed by atoms with Crippen molar-refractivity contribution in [2.24, 2.45) is 0 Å². The van der Waals surface area contributed by atoms with E-state index in [1.165, 1.54) is 30.5 Å². The Balaban J connectivity index is 2.19. The Morgan fingerprint density at radius 1 is 1.15 bits per heavy atom. The van der Waals surface area contributed by atoms with E-state index in [1.54, 1.807) is 6.07 Å². The van der Waals surface area contributed by atoms with Crippen LogP contribution in [0.3, 0.4) is 0 Å². The molecule has 0 saturated heterocycles. The third kappa shape index (κ3) is 5.86. The van der Waals surface area contributed by atoms with Gasteiger partial charge in [0.1, 0.15) is 5.82 Å². The van der Waals surface area contributed by atoms with Crippen molar-refractivity contribution in [1.29, 1.82) is 0 Å². The van der Waals surface area contributed by atoms with Gasteiger partial charge < -0.3 is 10.1 Å². The molecule has 7 heteroatoms. The summed E-state index contributed by atoms with van der Waals surface area (Å²) in [5.74, 6) is -1.67. The molecule has 1 aromatic carbocycles. The van der Waals surface area contributed by atoms with Gasteiger partial charge in [-0.1, -0.05) is 6.07 Å². The molecule has 27 heavy (non-hydrogen) atoms. The minimum atomic E-state index is -1.37. The van der Waals surface area contributed by atoms with E-state index in [0.29, 0.717) is 19.6 Å². The number of amides is 1. The molecule has 2 aromatic rings. The predicted molar refractivity (Wildman–Crippen MR) is 99.2 cm³/mol. The first kappa shape index (κ1) is 20.5. The van der Waals surface area contributed by atoms with E-state index in [1.807, 2.05) is 13.8 Å². The summed E-state index contributed by atoms with van der Waals surface area (Å²) in [5, 5.41) is 2.67. The SMILES string of the molecule is CC(C)OCCCNC(=O)[C@H](C(=O)c1ccc(F)cc1)n1ccccc1=O. The van der Waals surface area contributed by atoms with Crippen LogP contribution < -0.4 is 10.9 Å². The topological polar surface area (TPSA) is 77.4 Å². The second-order valence-corrected chi connectivity index (χ2v) is 6.28. The van der Waals surface area contributed by atoms with Gasteiger partial charge in [0, 0.05) is 31.0 Å². The summed E-state index contributed by atoms with van der Waals surface area (Å²) in [7, 11) is 0. The van der Waals surface area contributed by atoms with Gasteiger partial charge in [0.25, 0.3) is 11.5 Å². The number of halogens is 1. The highest BCUT2D eigenvalue weighted by molar-refractivity contribution is 6.11. The van der Waals surface area contributed by atoms with Gasteiger partial charge in [-0.2, -0.15) is 0 Å². The smallest absolute Gasteiger partial charge is 0.251 e. The second kappa shape index (κ2) is 9.78. The zero-order valence-corrected chi connectivity index (χ0v) is 15.4. The lowest BCUT2D eigenvalue weighted by molar-refractivity contribution is -0.123. The standard InChI is InChI=1S/C20H23FN2O4/c1-14(2)27-13-5-11-22-20(26)18(23-12-4-3-6-17(23)24)19(25)15-7-9-16(21)10-8-15/h3-4,6-10,12,14,18H,5,11,13H2,1-2H3,(H,22,26)/t18-/m0/s1. The van der Waals surface area contributed by atoms with Gasteiger partial charge in [-0.15, -0.1) is 0 Å². The summed E-state index contributed by atoms with van der Waals surface area (Å²) in [6.45, 7) is 4.61. The van der Waals surface area contributed by atoms with Crippen molar-refractivity contribution >= 4 is 11.7 Å². The van der Waals surface area contributed by atoms with Gasteiger partial charge in [-0.05, 0) is 50.6 Å². The van der Waals surface area contributed by atoms with Crippen LogP contribution in [-0.2, 0) is 9.53 Å². The van der Waals surface area contributed by atoms with E-state index < -0.39 is 29.1 Å². The largest absolute Gasteiger partial charge is 0.379 e. The number of ether oxygens (including phenoxy) is 1. The van der Waals surface area contributed by atoms with Gasteiger partial charge in [-0.3, -0.25) is 19.0 Å². The Hall–Kier alpha value is -2.80. The highest BCUT2D eigenvalue weighted by Crippen LogP contribution is 2.14. The molecule has 1 aromatic heterocycles. The number of Topliss-reactive ketones (excluding diaryl/α,β-unsaturated/α-hetero) is 1. The van der Waals surface area contributed by atoms with Crippen molar-refractivity contribution in [3.8, 4) is 0 Å². The number of carbonyl (C=O) groups is 2. The van der Waals surface area contributed by atoms with Gasteiger partial charge >= 0.3 is 0 Å². The van der Waals surface area contributed by atoms with Crippen molar-refractivity contribution in [3.63, 3.8) is 0 Å². The van der Waals surface area contributed by atoms with E-state index >= 15 is 0 Å². The monoisotopic (exact) mass is 374 g/mol. The van der Waals surface area contributed by atoms with Gasteiger partial charge in [0.2, 0.25) is 0 Å². The van der Waals surface area contributed by atoms with Gasteiger partial charge in [0.15, 0.2) is 11.8 Å². The van der Waals surface area contributed by atoms with Gasteiger partial charge in [0.05, 0.1) is 6.10 Å². The first-order valence-electron chi connectivity index (χ1n) is 8.76. The fourth-order valence-corrected chi connectivity index (χ4v) is 2.50. The maximum Gasteiger partial charge on any atom is 0.251 e. The molecule has 2 rings (SSSR count). The highest BCUT2D eigenvalue weighted by atomic mass is 19.1. The molecule has 1 heterocycles. The number of aromatic nitrogens is 1. The molecule has 0 bridgehead atoms. The van der Waals surface area contributed by atoms with Crippen LogP contribution in [-0.4, -0.2) is 35.5 Å². The first-order chi connectivity index (χ1) is 12.9. The molecule has 0 aliphatic rings. The van der Waals surface area contributed by atoms with E-state index in [2.05, 4.69) is 5.32 Å². The Morgan fingerprint density at radius 2 is 1.85 bits per heavy atom. The summed E-state index contributed by atoms with van der Waals surface area (Å²) >= 11 is 0. The number of hydrogen-bond acceptors (Lipinski definition) is 4. The van der Waals surface area contributed by atoms with Crippen molar-refractivity contribution in [3.05, 3.63) is 70.4 Å². The summed E-state index contributed by atoms with van der Waals surface area (Å²) in [5.41, 5.74) is -0.327. The molecule has 6 nitrogen and oxygen atoms in total. The van der Waals surface area contributed by atoms with Crippen LogP contribution in [0, 0.1) is 5.82 Å². The average molecular weight is 374 g/mol. The number of nitrogens with one attached hydrogen (secondary N) is 1. The fraction of sp³-hybridized carbons (Fsp3) is 0.350. The first-order valence-corrected chi connectivity index (χ1v) is 8.76. The Kier molecular flexibility index (Phi) is 7.43. The average Bonchev–Trinajstić information content (AvgIpc) is 2.63. The Morgan fingerprint density at radius 3 is 2.48 bits per heavy atom. The van der Waals surface area contributed by atoms with Crippen LogP contribution in [0.1, 0.15) is 36.7 Å². The zero-order valence-electron chi connectivity index (χ0n) is 15.4. The lowest BCUT2D eigenvalue weighted by atomic mass is 10.0. The number of hydrogen-bond donors (Lipinski definition) is 1. The molecule has 1 N–H and O–H groups in total. The molecule has 0 unspecified atom stereocenters. The highest BCUT2D eigenvalue weighted by Gasteiger charge is 2.29. The maximum atomic E-state index is 13.1. The summed E-state index contributed by atoms with van der Waals surface area (Å²) in [6.07, 6.45) is 2.05. The lowest BCUT2D eigenvalue weighted by Gasteiger charge is -2.18. The molecule has 0 aliphatic carbocycles. The fourth-order valence-electron chi connectivity index (χ4n) is 2.50. The Labute approximate surface area is 157 Å². The third-order valence-corrected chi connectivity index (χ3v) is 3.83. The third-order valence-electron chi connectivity index (χ3n) is 3.83. The van der Waals surface area contributed by atoms with Crippen molar-refractivity contribution in [2.75, 3.05) is 13.2 Å². The van der Waals surface area contributed by atoms with Crippen LogP contribution in [0.5, 0.6) is 0 Å². The number of carbonyl (C=O) groups excluding carboxylic acids is 2. The molecule has 0 radical (unpaired) electrons. The molecular formula is C20H23FN2O4. The summed E-state index contributed by atoms with van der Waals surface area (Å²) < 4.78 is 19.6. The maximum absolute atomic E-state index is 13.1. The molecule has 0 spiro atoms. The number of ketones is 1. The van der Waals surface area contributed by atoms with Crippen molar-refractivity contribution in [2.45, 2.75) is 32.4 Å². The van der Waals surface area contributed by atoms with Crippen LogP contribution in [0.2, 0.25) is 0 Å². The van der Waals surface area contributed by atoms with E-state index in [0.717, 1.165) is 16.7 Å². The second-order valence-electron chi connectivity index (χ2n) is 6.28. The minimum absolute atomic E-state index is 0.0939. The molecule has 1 atom stereocenters. The van der Waals surface area contributed by atoms with Crippen molar-refractivity contribution in [1.82, 2.24) is 9.88 Å². The minimum Gasteiger partial charge on any atom is -0.379 e. The molecule has 0 fully saturated rings. The lowest BCUT2D eigenvalue weighted by Crippen LogP contribution is -2.41. The van der Waals surface area contributed by atoms with Crippen LogP contribution in [0.4, 0.5) is 4.39 Å². The molecule has 144 valence electrons. The number of nitrogens with zero attached hydrogens (tertiary/aromatic N) is 1. The number of benzene rings is 1. The normalized spacial score (nSPS) is 12.0. The van der Waals surface area contributed by atoms with Crippen LogP contribution in [0.15, 0.2) is 53.5 Å². The molecule has 0 aliphatic heterocycles. The number of rotatable bonds is 9. The number of pyridine rings is 1. The van der Waals surface area contributed by atoms with Crippen molar-refractivity contribution < 1.29 is 18.7 Å².